The fraction of sp³-hybridized carbons (Fsp3) is 0.300. The molecule has 1 aliphatic heterocycles. The molecule has 1 aliphatic rings. The first-order chi connectivity index (χ1) is 12.1. The predicted molar refractivity (Wildman–Crippen MR) is 104 cm³/mol. The standard InChI is InChI=1S/C20H25BN2O2/c22-18(13-21-17-4-6-19(24)7-5-17)14-23-10-8-15(9-11-23)16-2-1-3-20(25)12-16/h1-7,12-13,15,21,24-25H,8-11,14,22H2/b18-13-. The van der Waals surface area contributed by atoms with E-state index in [0.29, 0.717) is 11.7 Å². The summed E-state index contributed by atoms with van der Waals surface area (Å²) in [6.45, 7) is 2.84. The zero-order valence-corrected chi connectivity index (χ0v) is 14.4. The molecule has 0 radical (unpaired) electrons. The Labute approximate surface area is 149 Å². The average molecular weight is 336 g/mol. The smallest absolute Gasteiger partial charge is 0.185 e. The van der Waals surface area contributed by atoms with E-state index in [1.807, 2.05) is 24.3 Å². The SMILES string of the molecule is N/C(=C\Bc1ccc(O)cc1)CN1CCC(c2cccc(O)c2)CC1. The van der Waals surface area contributed by atoms with Crippen LogP contribution < -0.4 is 11.2 Å². The second-order valence-electron chi connectivity index (χ2n) is 6.80. The third-order valence-electron chi connectivity index (χ3n) is 4.87. The minimum atomic E-state index is 0.287. The number of piperidine rings is 1. The third-order valence-corrected chi connectivity index (χ3v) is 4.87. The van der Waals surface area contributed by atoms with Gasteiger partial charge in [0.1, 0.15) is 11.5 Å². The largest absolute Gasteiger partial charge is 0.508 e. The lowest BCUT2D eigenvalue weighted by Gasteiger charge is -2.32. The number of nitrogens with two attached hydrogens (primary N) is 1. The zero-order chi connectivity index (χ0) is 17.6. The Morgan fingerprint density at radius 1 is 1.08 bits per heavy atom. The molecule has 0 spiro atoms. The molecule has 5 heteroatoms. The van der Waals surface area contributed by atoms with Gasteiger partial charge in [-0.15, -0.1) is 0 Å². The molecule has 1 fully saturated rings. The van der Waals surface area contributed by atoms with Crippen molar-refractivity contribution in [3.8, 4) is 11.5 Å². The van der Waals surface area contributed by atoms with Gasteiger partial charge in [-0.3, -0.25) is 4.90 Å². The van der Waals surface area contributed by atoms with E-state index in [1.165, 1.54) is 5.56 Å². The van der Waals surface area contributed by atoms with Crippen molar-refractivity contribution in [2.45, 2.75) is 18.8 Å². The van der Waals surface area contributed by atoms with E-state index >= 15 is 0 Å². The van der Waals surface area contributed by atoms with Crippen LogP contribution in [0.4, 0.5) is 0 Å². The molecule has 0 saturated carbocycles. The van der Waals surface area contributed by atoms with E-state index in [1.54, 1.807) is 18.2 Å². The summed E-state index contributed by atoms with van der Waals surface area (Å²) in [5, 5.41) is 18.9. The summed E-state index contributed by atoms with van der Waals surface area (Å²) in [4.78, 5) is 2.39. The van der Waals surface area contributed by atoms with Crippen molar-refractivity contribution < 1.29 is 10.2 Å². The number of phenolic OH excluding ortho intramolecular Hbond substituents is 2. The minimum Gasteiger partial charge on any atom is -0.508 e. The summed E-state index contributed by atoms with van der Waals surface area (Å²) in [7, 11) is 0.784. The fourth-order valence-corrected chi connectivity index (χ4v) is 3.41. The maximum atomic E-state index is 9.63. The number of hydrogen-bond acceptors (Lipinski definition) is 4. The van der Waals surface area contributed by atoms with Gasteiger partial charge >= 0.3 is 0 Å². The van der Waals surface area contributed by atoms with Gasteiger partial charge in [0.2, 0.25) is 0 Å². The first-order valence-corrected chi connectivity index (χ1v) is 8.84. The molecule has 2 aromatic rings. The van der Waals surface area contributed by atoms with Crippen LogP contribution in [0, 0.1) is 0 Å². The van der Waals surface area contributed by atoms with Crippen LogP contribution in [0.5, 0.6) is 11.5 Å². The van der Waals surface area contributed by atoms with E-state index in [9.17, 15) is 10.2 Å². The molecule has 0 bridgehead atoms. The van der Waals surface area contributed by atoms with Crippen molar-refractivity contribution in [3.63, 3.8) is 0 Å². The summed E-state index contributed by atoms with van der Waals surface area (Å²) in [6, 6.07) is 14.9. The molecule has 4 nitrogen and oxygen atoms in total. The second kappa shape index (κ2) is 8.12. The number of hydrogen-bond donors (Lipinski definition) is 3. The fourth-order valence-electron chi connectivity index (χ4n) is 3.41. The van der Waals surface area contributed by atoms with Crippen molar-refractivity contribution in [2.24, 2.45) is 5.73 Å². The van der Waals surface area contributed by atoms with Gasteiger partial charge in [0.25, 0.3) is 0 Å². The molecule has 0 atom stereocenters. The number of nitrogens with zero attached hydrogens (tertiary/aromatic N) is 1. The number of rotatable bonds is 5. The highest BCUT2D eigenvalue weighted by Gasteiger charge is 2.20. The number of likely N-dealkylation sites (tertiary alicyclic amines) is 1. The molecule has 1 heterocycles. The lowest BCUT2D eigenvalue weighted by Crippen LogP contribution is -2.36. The van der Waals surface area contributed by atoms with E-state index in [0.717, 1.165) is 50.9 Å². The van der Waals surface area contributed by atoms with E-state index in [-0.39, 0.29) is 5.75 Å². The molecule has 0 amide bonds. The number of benzene rings is 2. The molecule has 0 unspecified atom stereocenters. The maximum Gasteiger partial charge on any atom is 0.185 e. The lowest BCUT2D eigenvalue weighted by molar-refractivity contribution is 0.227. The molecular formula is C20H25BN2O2. The van der Waals surface area contributed by atoms with Crippen LogP contribution in [0.2, 0.25) is 0 Å². The molecule has 130 valence electrons. The summed E-state index contributed by atoms with van der Waals surface area (Å²) in [5.41, 5.74) is 9.45. The van der Waals surface area contributed by atoms with Crippen LogP contribution in [-0.4, -0.2) is 42.0 Å². The van der Waals surface area contributed by atoms with Gasteiger partial charge in [0.05, 0.1) is 0 Å². The topological polar surface area (TPSA) is 69.7 Å². The Morgan fingerprint density at radius 3 is 2.48 bits per heavy atom. The zero-order valence-electron chi connectivity index (χ0n) is 14.4. The predicted octanol–water partition coefficient (Wildman–Crippen LogP) is 1.84. The van der Waals surface area contributed by atoms with E-state index < -0.39 is 0 Å². The first kappa shape index (κ1) is 17.4. The highest BCUT2D eigenvalue weighted by atomic mass is 16.3. The molecule has 1 saturated heterocycles. The number of phenols is 2. The molecule has 3 rings (SSSR count). The summed E-state index contributed by atoms with van der Waals surface area (Å²) < 4.78 is 0. The van der Waals surface area contributed by atoms with Gasteiger partial charge in [-0.1, -0.05) is 35.7 Å². The van der Waals surface area contributed by atoms with Gasteiger partial charge in [-0.25, -0.2) is 0 Å². The van der Waals surface area contributed by atoms with E-state index in [4.69, 9.17) is 5.73 Å². The second-order valence-corrected chi connectivity index (χ2v) is 6.80. The van der Waals surface area contributed by atoms with Gasteiger partial charge in [-0.05, 0) is 61.7 Å². The molecule has 2 aromatic carbocycles. The Bertz CT molecular complexity index is 723. The third kappa shape index (κ3) is 5.04. The highest BCUT2D eigenvalue weighted by Crippen LogP contribution is 2.29. The number of aromatic hydroxyl groups is 2. The lowest BCUT2D eigenvalue weighted by atomic mass is 9.70. The Kier molecular flexibility index (Phi) is 5.66. The Hall–Kier alpha value is -2.40. The quantitative estimate of drug-likeness (QED) is 0.729. The van der Waals surface area contributed by atoms with Crippen molar-refractivity contribution in [1.29, 1.82) is 0 Å². The van der Waals surface area contributed by atoms with Gasteiger partial charge in [0.15, 0.2) is 7.28 Å². The molecular weight excluding hydrogens is 311 g/mol. The van der Waals surface area contributed by atoms with Crippen LogP contribution >= 0.6 is 0 Å². The highest BCUT2D eigenvalue weighted by molar-refractivity contribution is 6.58. The average Bonchev–Trinajstić information content (AvgIpc) is 2.62. The van der Waals surface area contributed by atoms with Gasteiger partial charge in [-0.2, -0.15) is 0 Å². The van der Waals surface area contributed by atoms with Crippen molar-refractivity contribution in [3.05, 3.63) is 65.8 Å². The molecule has 4 N–H and O–H groups in total. The monoisotopic (exact) mass is 336 g/mol. The Morgan fingerprint density at radius 2 is 1.80 bits per heavy atom. The minimum absolute atomic E-state index is 0.287. The van der Waals surface area contributed by atoms with Gasteiger partial charge < -0.3 is 15.9 Å². The van der Waals surface area contributed by atoms with Crippen molar-refractivity contribution in [2.75, 3.05) is 19.6 Å². The summed E-state index contributed by atoms with van der Waals surface area (Å²) in [6.07, 6.45) is 2.18. The molecule has 0 aromatic heterocycles. The van der Waals surface area contributed by atoms with Crippen LogP contribution in [0.25, 0.3) is 0 Å². The van der Waals surface area contributed by atoms with Crippen LogP contribution in [0.15, 0.2) is 60.2 Å². The Balaban J connectivity index is 1.48. The van der Waals surface area contributed by atoms with Gasteiger partial charge in [0, 0.05) is 12.2 Å². The maximum absolute atomic E-state index is 9.63. The van der Waals surface area contributed by atoms with Crippen LogP contribution in [0.1, 0.15) is 24.3 Å². The van der Waals surface area contributed by atoms with Crippen LogP contribution in [-0.2, 0) is 0 Å². The first-order valence-electron chi connectivity index (χ1n) is 8.84. The summed E-state index contributed by atoms with van der Waals surface area (Å²) in [5.74, 6) is 3.22. The molecule has 25 heavy (non-hydrogen) atoms. The van der Waals surface area contributed by atoms with Crippen LogP contribution in [0.3, 0.4) is 0 Å². The van der Waals surface area contributed by atoms with Crippen molar-refractivity contribution >= 4 is 12.7 Å². The van der Waals surface area contributed by atoms with Crippen molar-refractivity contribution in [1.82, 2.24) is 4.90 Å². The summed E-state index contributed by atoms with van der Waals surface area (Å²) >= 11 is 0. The molecule has 0 aliphatic carbocycles. The van der Waals surface area contributed by atoms with E-state index in [2.05, 4.69) is 16.9 Å². The normalized spacial score (nSPS) is 16.7.